The van der Waals surface area contributed by atoms with E-state index < -0.39 is 53.1 Å². The molecule has 0 bridgehead atoms. The van der Waals surface area contributed by atoms with Crippen LogP contribution in [0.1, 0.15) is 59.1 Å². The lowest BCUT2D eigenvalue weighted by molar-refractivity contribution is -0.152. The Morgan fingerprint density at radius 1 is 1.00 bits per heavy atom. The van der Waals surface area contributed by atoms with E-state index in [9.17, 15) is 19.2 Å². The zero-order valence-electron chi connectivity index (χ0n) is 23.6. The molecule has 39 heavy (non-hydrogen) atoms. The third-order valence-corrected chi connectivity index (χ3v) is 6.84. The normalized spacial score (nSPS) is 20.8. The molecule has 0 unspecified atom stereocenters. The summed E-state index contributed by atoms with van der Waals surface area (Å²) in [5, 5.41) is 5.56. The maximum absolute atomic E-state index is 13.8. The molecule has 12 nitrogen and oxygen atoms in total. The fourth-order valence-electron chi connectivity index (χ4n) is 4.94. The molecular weight excluding hydrogens is 508 g/mol. The highest BCUT2D eigenvalue weighted by Gasteiger charge is 2.47. The van der Waals surface area contributed by atoms with Gasteiger partial charge in [-0.25, -0.2) is 14.4 Å². The Morgan fingerprint density at radius 3 is 2.10 bits per heavy atom. The zero-order chi connectivity index (χ0) is 28.7. The third-order valence-electron chi connectivity index (χ3n) is 6.84. The predicted octanol–water partition coefficient (Wildman–Crippen LogP) is 2.52. The van der Waals surface area contributed by atoms with Crippen molar-refractivity contribution in [1.82, 2.24) is 20.4 Å². The van der Waals surface area contributed by atoms with Gasteiger partial charge in [-0.05, 0) is 49.4 Å². The minimum Gasteiger partial charge on any atom is -0.467 e. The highest BCUT2D eigenvalue weighted by molar-refractivity contribution is 5.91. The van der Waals surface area contributed by atoms with Gasteiger partial charge in [0, 0.05) is 25.0 Å². The van der Waals surface area contributed by atoms with E-state index in [-0.39, 0.29) is 19.8 Å². The van der Waals surface area contributed by atoms with E-state index in [4.69, 9.17) is 18.9 Å². The Labute approximate surface area is 228 Å². The van der Waals surface area contributed by atoms with Gasteiger partial charge in [-0.15, -0.1) is 0 Å². The number of ether oxygens (including phenoxy) is 4. The van der Waals surface area contributed by atoms with Crippen LogP contribution in [0.15, 0.2) is 12.1 Å². The maximum atomic E-state index is 13.8. The molecule has 0 spiro atoms. The van der Waals surface area contributed by atoms with Crippen molar-refractivity contribution in [1.29, 1.82) is 0 Å². The molecule has 0 radical (unpaired) electrons. The van der Waals surface area contributed by atoms with Gasteiger partial charge in [0.15, 0.2) is 11.5 Å². The van der Waals surface area contributed by atoms with Crippen molar-refractivity contribution < 1.29 is 38.1 Å². The average molecular weight is 547 g/mol. The van der Waals surface area contributed by atoms with Crippen LogP contribution in [0.25, 0.3) is 0 Å². The Hall–Kier alpha value is -3.70. The van der Waals surface area contributed by atoms with E-state index in [1.165, 1.54) is 12.0 Å². The number of fused-ring (bicyclic) bond motifs is 2. The molecule has 1 saturated heterocycles. The summed E-state index contributed by atoms with van der Waals surface area (Å²) in [6.45, 7) is 11.8. The van der Waals surface area contributed by atoms with Crippen molar-refractivity contribution in [3.63, 3.8) is 0 Å². The molecule has 4 rings (SSSR count). The van der Waals surface area contributed by atoms with Crippen LogP contribution >= 0.6 is 0 Å². The number of benzene rings is 1. The van der Waals surface area contributed by atoms with Crippen molar-refractivity contribution in [2.24, 2.45) is 5.41 Å². The molecule has 3 aliphatic rings. The summed E-state index contributed by atoms with van der Waals surface area (Å²) in [7, 11) is 1.24. The number of rotatable bonds is 4. The average Bonchev–Trinajstić information content (AvgIpc) is 3.55. The van der Waals surface area contributed by atoms with E-state index in [0.29, 0.717) is 24.6 Å². The van der Waals surface area contributed by atoms with E-state index >= 15 is 0 Å². The van der Waals surface area contributed by atoms with Crippen molar-refractivity contribution >= 4 is 24.0 Å². The van der Waals surface area contributed by atoms with E-state index in [2.05, 4.69) is 10.6 Å². The minimum absolute atomic E-state index is 0.00372. The number of nitrogens with zero attached hydrogens (tertiary/aromatic N) is 2. The number of carbonyl (C=O) groups is 4. The van der Waals surface area contributed by atoms with Crippen molar-refractivity contribution in [2.45, 2.75) is 84.8 Å². The molecule has 1 fully saturated rings. The number of urea groups is 1. The van der Waals surface area contributed by atoms with Crippen LogP contribution in [0.4, 0.5) is 9.59 Å². The molecule has 3 aliphatic heterocycles. The summed E-state index contributed by atoms with van der Waals surface area (Å²) in [4.78, 5) is 55.0. The fourth-order valence-corrected chi connectivity index (χ4v) is 4.94. The molecule has 3 heterocycles. The van der Waals surface area contributed by atoms with Gasteiger partial charge in [0.2, 0.25) is 12.7 Å². The van der Waals surface area contributed by atoms with E-state index in [1.807, 2.05) is 53.7 Å². The Kier molecular flexibility index (Phi) is 7.59. The third kappa shape index (κ3) is 6.31. The predicted molar refractivity (Wildman–Crippen MR) is 139 cm³/mol. The van der Waals surface area contributed by atoms with Crippen LogP contribution in [0.3, 0.4) is 0 Å². The van der Waals surface area contributed by atoms with Gasteiger partial charge in [-0.2, -0.15) is 0 Å². The second kappa shape index (κ2) is 10.5. The molecule has 2 N–H and O–H groups in total. The summed E-state index contributed by atoms with van der Waals surface area (Å²) in [6, 6.07) is 1.34. The van der Waals surface area contributed by atoms with Gasteiger partial charge in [0.05, 0.1) is 13.7 Å². The highest BCUT2D eigenvalue weighted by atomic mass is 16.7. The number of nitrogens with one attached hydrogen (secondary N) is 2. The van der Waals surface area contributed by atoms with Crippen LogP contribution in [0.5, 0.6) is 11.5 Å². The highest BCUT2D eigenvalue weighted by Crippen LogP contribution is 2.38. The second-order valence-electron chi connectivity index (χ2n) is 12.2. The second-order valence-corrected chi connectivity index (χ2v) is 12.2. The lowest BCUT2D eigenvalue weighted by atomic mass is 9.85. The first-order valence-electron chi connectivity index (χ1n) is 13.0. The van der Waals surface area contributed by atoms with Crippen LogP contribution < -0.4 is 20.1 Å². The van der Waals surface area contributed by atoms with Crippen LogP contribution in [-0.4, -0.2) is 78.0 Å². The van der Waals surface area contributed by atoms with E-state index in [0.717, 1.165) is 11.1 Å². The lowest BCUT2D eigenvalue weighted by Gasteiger charge is -2.35. The molecule has 0 saturated carbocycles. The van der Waals surface area contributed by atoms with Crippen molar-refractivity contribution in [3.05, 3.63) is 23.3 Å². The summed E-state index contributed by atoms with van der Waals surface area (Å²) in [5.41, 5.74) is 0.711. The Bertz CT molecular complexity index is 1120. The minimum atomic E-state index is -0.953. The molecule has 3 atom stereocenters. The molecular formula is C27H38N4O8. The van der Waals surface area contributed by atoms with Crippen molar-refractivity contribution in [3.8, 4) is 11.5 Å². The number of amides is 4. The monoisotopic (exact) mass is 546 g/mol. The Balaban J connectivity index is 1.45. The van der Waals surface area contributed by atoms with Crippen LogP contribution in [-0.2, 0) is 32.2 Å². The molecule has 0 aromatic heterocycles. The SMILES string of the molecule is COC(=O)[C@@H]1C[C@@H](OC(=O)N2Cc3cc4c(cc3C2)OCO4)CN1C(=O)[C@@H](NC(=O)NC(C)(C)C)C(C)(C)C. The summed E-state index contributed by atoms with van der Waals surface area (Å²) in [6.07, 6.45) is -1.19. The number of likely N-dealkylation sites (tertiary alicyclic amines) is 1. The first-order chi connectivity index (χ1) is 18.2. The first-order valence-corrected chi connectivity index (χ1v) is 13.0. The van der Waals surface area contributed by atoms with Crippen LogP contribution in [0, 0.1) is 5.41 Å². The Morgan fingerprint density at radius 2 is 1.59 bits per heavy atom. The summed E-state index contributed by atoms with van der Waals surface area (Å²) < 4.78 is 21.6. The number of hydrogen-bond donors (Lipinski definition) is 2. The van der Waals surface area contributed by atoms with Crippen molar-refractivity contribution in [2.75, 3.05) is 20.4 Å². The summed E-state index contributed by atoms with van der Waals surface area (Å²) in [5.74, 6) is 0.224. The topological polar surface area (TPSA) is 136 Å². The molecule has 1 aromatic rings. The number of hydrogen-bond acceptors (Lipinski definition) is 8. The van der Waals surface area contributed by atoms with Gasteiger partial charge in [-0.3, -0.25) is 9.69 Å². The zero-order valence-corrected chi connectivity index (χ0v) is 23.6. The number of esters is 1. The first kappa shape index (κ1) is 28.3. The standard InChI is InChI=1S/C27H38N4O8/c1-26(2,3)21(28-24(34)29-27(4,5)6)22(32)31-13-17(10-18(31)23(33)36-7)39-25(35)30-11-15-8-19-20(38-14-37-19)9-16(15)12-30/h8-9,17-18,21H,10-14H2,1-7H3,(H2,28,29,34)/t17-,18+,21-/m1/s1. The number of methoxy groups -OCH3 is 1. The van der Waals surface area contributed by atoms with Gasteiger partial charge in [0.1, 0.15) is 18.2 Å². The molecule has 0 aliphatic carbocycles. The number of carbonyl (C=O) groups excluding carboxylic acids is 4. The summed E-state index contributed by atoms with van der Waals surface area (Å²) >= 11 is 0. The lowest BCUT2D eigenvalue weighted by Crippen LogP contribution is -2.60. The quantitative estimate of drug-likeness (QED) is 0.550. The molecule has 1 aromatic carbocycles. The molecule has 4 amide bonds. The van der Waals surface area contributed by atoms with Crippen LogP contribution in [0.2, 0.25) is 0 Å². The van der Waals surface area contributed by atoms with Gasteiger partial charge in [-0.1, -0.05) is 20.8 Å². The van der Waals surface area contributed by atoms with Gasteiger partial charge >= 0.3 is 18.1 Å². The smallest absolute Gasteiger partial charge is 0.410 e. The van der Waals surface area contributed by atoms with Gasteiger partial charge in [0.25, 0.3) is 0 Å². The molecule has 12 heteroatoms. The van der Waals surface area contributed by atoms with E-state index in [1.54, 1.807) is 4.90 Å². The maximum Gasteiger partial charge on any atom is 0.410 e. The van der Waals surface area contributed by atoms with Gasteiger partial charge < -0.3 is 34.5 Å². The largest absolute Gasteiger partial charge is 0.467 e. The molecule has 214 valence electrons. The fraction of sp³-hybridized carbons (Fsp3) is 0.630.